The molecular formula is C11H16N2O3. The van der Waals surface area contributed by atoms with Crippen LogP contribution >= 0.6 is 0 Å². The molecule has 0 aliphatic carbocycles. The Labute approximate surface area is 94.0 Å². The molecule has 1 aliphatic heterocycles. The molecule has 16 heavy (non-hydrogen) atoms. The van der Waals surface area contributed by atoms with Crippen LogP contribution in [0.3, 0.4) is 0 Å². The lowest BCUT2D eigenvalue weighted by Gasteiger charge is -2.32. The van der Waals surface area contributed by atoms with Crippen LogP contribution in [-0.4, -0.2) is 34.1 Å². The molecule has 1 saturated heterocycles. The summed E-state index contributed by atoms with van der Waals surface area (Å²) in [6, 6.07) is 1.88. The molecule has 1 aliphatic rings. The molecule has 0 aromatic carbocycles. The fourth-order valence-electron chi connectivity index (χ4n) is 2.13. The lowest BCUT2D eigenvalue weighted by atomic mass is 9.76. The summed E-state index contributed by atoms with van der Waals surface area (Å²) in [5, 5.41) is 13.6. The summed E-state index contributed by atoms with van der Waals surface area (Å²) in [6.45, 7) is 1.05. The first-order chi connectivity index (χ1) is 7.62. The molecule has 0 saturated carbocycles. The number of nitrogens with zero attached hydrogens (tertiary/aromatic N) is 2. The highest BCUT2D eigenvalue weighted by atomic mass is 16.5. The molecule has 5 heteroatoms. The lowest BCUT2D eigenvalue weighted by molar-refractivity contribution is -0.154. The molecule has 1 aromatic rings. The first-order valence-electron chi connectivity index (χ1n) is 5.42. The van der Waals surface area contributed by atoms with Crippen molar-refractivity contribution in [3.63, 3.8) is 0 Å². The number of carboxylic acids is 1. The van der Waals surface area contributed by atoms with Crippen molar-refractivity contribution in [1.29, 1.82) is 0 Å². The van der Waals surface area contributed by atoms with Crippen molar-refractivity contribution < 1.29 is 14.6 Å². The number of hydrogen-bond acceptors (Lipinski definition) is 3. The van der Waals surface area contributed by atoms with Gasteiger partial charge < -0.3 is 9.84 Å². The third kappa shape index (κ3) is 2.09. The van der Waals surface area contributed by atoms with Crippen molar-refractivity contribution in [2.24, 2.45) is 12.5 Å². The first kappa shape index (κ1) is 11.1. The predicted molar refractivity (Wildman–Crippen MR) is 57.0 cm³/mol. The molecule has 1 fully saturated rings. The number of aryl methyl sites for hydroxylation is 1. The van der Waals surface area contributed by atoms with E-state index in [-0.39, 0.29) is 0 Å². The van der Waals surface area contributed by atoms with E-state index in [2.05, 4.69) is 5.10 Å². The minimum atomic E-state index is -0.735. The molecule has 88 valence electrons. The third-order valence-corrected chi connectivity index (χ3v) is 3.19. The number of aliphatic carboxylic acids is 1. The van der Waals surface area contributed by atoms with Crippen molar-refractivity contribution >= 4 is 5.97 Å². The fourth-order valence-corrected chi connectivity index (χ4v) is 2.13. The zero-order chi connectivity index (χ0) is 11.6. The summed E-state index contributed by atoms with van der Waals surface area (Å²) >= 11 is 0. The molecule has 2 rings (SSSR count). The molecule has 0 unspecified atom stereocenters. The van der Waals surface area contributed by atoms with E-state index in [0.29, 0.717) is 32.5 Å². The van der Waals surface area contributed by atoms with Gasteiger partial charge in [-0.2, -0.15) is 5.10 Å². The van der Waals surface area contributed by atoms with Crippen molar-refractivity contribution in [3.8, 4) is 0 Å². The summed E-state index contributed by atoms with van der Waals surface area (Å²) in [6.07, 6.45) is 3.47. The predicted octanol–water partition coefficient (Wildman–Crippen LogP) is 0.844. The summed E-state index contributed by atoms with van der Waals surface area (Å²) in [7, 11) is 1.83. The second kappa shape index (κ2) is 4.25. The molecule has 2 heterocycles. The molecule has 0 amide bonds. The van der Waals surface area contributed by atoms with Gasteiger partial charge >= 0.3 is 5.97 Å². The van der Waals surface area contributed by atoms with Crippen molar-refractivity contribution in [2.75, 3.05) is 13.2 Å². The Kier molecular flexibility index (Phi) is 2.96. The van der Waals surface area contributed by atoms with Gasteiger partial charge in [0.1, 0.15) is 0 Å². The van der Waals surface area contributed by atoms with Gasteiger partial charge in [0.05, 0.1) is 11.1 Å². The Bertz CT molecular complexity index is 380. The van der Waals surface area contributed by atoms with Gasteiger partial charge in [0, 0.05) is 32.9 Å². The Morgan fingerprint density at radius 3 is 2.81 bits per heavy atom. The normalized spacial score (nSPS) is 19.6. The van der Waals surface area contributed by atoms with E-state index in [1.165, 1.54) is 0 Å². The lowest BCUT2D eigenvalue weighted by Crippen LogP contribution is -2.39. The van der Waals surface area contributed by atoms with E-state index < -0.39 is 11.4 Å². The molecule has 1 aromatic heterocycles. The van der Waals surface area contributed by atoms with E-state index in [1.807, 2.05) is 19.3 Å². The van der Waals surface area contributed by atoms with Crippen LogP contribution in [0.1, 0.15) is 18.5 Å². The molecule has 0 spiro atoms. The van der Waals surface area contributed by atoms with Gasteiger partial charge in [-0.15, -0.1) is 0 Å². The Hall–Kier alpha value is -1.36. The quantitative estimate of drug-likeness (QED) is 0.826. The highest BCUT2D eigenvalue weighted by Crippen LogP contribution is 2.34. The minimum absolute atomic E-state index is 0.493. The standard InChI is InChI=1S/C11H16N2O3/c1-13-5-2-9(12-13)8-11(10(14)15)3-6-16-7-4-11/h2,5H,3-4,6-8H2,1H3,(H,14,15). The average molecular weight is 224 g/mol. The van der Waals surface area contributed by atoms with E-state index in [4.69, 9.17) is 4.74 Å². The maximum atomic E-state index is 11.4. The summed E-state index contributed by atoms with van der Waals surface area (Å²) in [5.74, 6) is -0.735. The van der Waals surface area contributed by atoms with Crippen LogP contribution in [-0.2, 0) is 23.0 Å². The van der Waals surface area contributed by atoms with Crippen LogP contribution < -0.4 is 0 Å². The second-order valence-electron chi connectivity index (χ2n) is 4.36. The number of rotatable bonds is 3. The van der Waals surface area contributed by atoms with Gasteiger partial charge in [-0.1, -0.05) is 0 Å². The van der Waals surface area contributed by atoms with E-state index in [0.717, 1.165) is 5.69 Å². The van der Waals surface area contributed by atoms with E-state index in [1.54, 1.807) is 4.68 Å². The molecule has 0 bridgehead atoms. The molecule has 0 atom stereocenters. The Morgan fingerprint density at radius 2 is 2.31 bits per heavy atom. The SMILES string of the molecule is Cn1ccc(CC2(C(=O)O)CCOCC2)n1. The average Bonchev–Trinajstić information content (AvgIpc) is 2.65. The first-order valence-corrected chi connectivity index (χ1v) is 5.42. The maximum absolute atomic E-state index is 11.4. The third-order valence-electron chi connectivity index (χ3n) is 3.19. The van der Waals surface area contributed by atoms with Gasteiger partial charge in [0.15, 0.2) is 0 Å². The van der Waals surface area contributed by atoms with E-state index in [9.17, 15) is 9.90 Å². The smallest absolute Gasteiger partial charge is 0.310 e. The zero-order valence-corrected chi connectivity index (χ0v) is 9.35. The largest absolute Gasteiger partial charge is 0.481 e. The molecule has 1 N–H and O–H groups in total. The van der Waals surface area contributed by atoms with Gasteiger partial charge in [0.2, 0.25) is 0 Å². The number of carbonyl (C=O) groups is 1. The fraction of sp³-hybridized carbons (Fsp3) is 0.636. The van der Waals surface area contributed by atoms with Crippen LogP contribution in [0, 0.1) is 5.41 Å². The molecule has 5 nitrogen and oxygen atoms in total. The van der Waals surface area contributed by atoms with Crippen LogP contribution in [0.4, 0.5) is 0 Å². The van der Waals surface area contributed by atoms with Gasteiger partial charge in [-0.3, -0.25) is 9.48 Å². The summed E-state index contributed by atoms with van der Waals surface area (Å²) < 4.78 is 6.93. The van der Waals surface area contributed by atoms with Crippen molar-refractivity contribution in [1.82, 2.24) is 9.78 Å². The number of ether oxygens (including phenoxy) is 1. The Morgan fingerprint density at radius 1 is 1.62 bits per heavy atom. The monoisotopic (exact) mass is 224 g/mol. The number of hydrogen-bond donors (Lipinski definition) is 1. The topological polar surface area (TPSA) is 64.4 Å². The van der Waals surface area contributed by atoms with Gasteiger partial charge in [-0.25, -0.2) is 0 Å². The summed E-state index contributed by atoms with van der Waals surface area (Å²) in [5.41, 5.74) is 0.152. The molecule has 0 radical (unpaired) electrons. The van der Waals surface area contributed by atoms with Crippen molar-refractivity contribution in [2.45, 2.75) is 19.3 Å². The number of aromatic nitrogens is 2. The Balaban J connectivity index is 2.16. The minimum Gasteiger partial charge on any atom is -0.481 e. The van der Waals surface area contributed by atoms with Crippen LogP contribution in [0.2, 0.25) is 0 Å². The second-order valence-corrected chi connectivity index (χ2v) is 4.36. The van der Waals surface area contributed by atoms with E-state index >= 15 is 0 Å². The van der Waals surface area contributed by atoms with Gasteiger partial charge in [0.25, 0.3) is 0 Å². The van der Waals surface area contributed by atoms with Crippen molar-refractivity contribution in [3.05, 3.63) is 18.0 Å². The van der Waals surface area contributed by atoms with Gasteiger partial charge in [-0.05, 0) is 18.9 Å². The maximum Gasteiger partial charge on any atom is 0.310 e. The molecular weight excluding hydrogens is 208 g/mol. The summed E-state index contributed by atoms with van der Waals surface area (Å²) in [4.78, 5) is 11.4. The van der Waals surface area contributed by atoms with Crippen LogP contribution in [0.15, 0.2) is 12.3 Å². The highest BCUT2D eigenvalue weighted by molar-refractivity contribution is 5.75. The number of carboxylic acid groups (broad SMARTS) is 1. The van der Waals surface area contributed by atoms with Crippen LogP contribution in [0.25, 0.3) is 0 Å². The zero-order valence-electron chi connectivity index (χ0n) is 9.35. The highest BCUT2D eigenvalue weighted by Gasteiger charge is 2.40. The van der Waals surface area contributed by atoms with Crippen LogP contribution in [0.5, 0.6) is 0 Å².